The molecule has 1 N–H and O–H groups in total. The average Bonchev–Trinajstić information content (AvgIpc) is 2.99. The van der Waals surface area contributed by atoms with Crippen LogP contribution in [0.4, 0.5) is 0 Å². The molecule has 1 fully saturated rings. The van der Waals surface area contributed by atoms with E-state index < -0.39 is 0 Å². The van der Waals surface area contributed by atoms with E-state index in [0.29, 0.717) is 12.0 Å². The lowest BCUT2D eigenvalue weighted by atomic mass is 9.89. The fourth-order valence-electron chi connectivity index (χ4n) is 3.10. The van der Waals surface area contributed by atoms with Gasteiger partial charge in [-0.25, -0.2) is 0 Å². The SMILES string of the molecule is Cc1c(C2CCNC2Cc2ccccc2)cnn1C. The maximum absolute atomic E-state index is 4.39. The summed E-state index contributed by atoms with van der Waals surface area (Å²) in [4.78, 5) is 0. The molecule has 0 bridgehead atoms. The highest BCUT2D eigenvalue weighted by Gasteiger charge is 2.30. The first-order valence-electron chi connectivity index (χ1n) is 7.01. The van der Waals surface area contributed by atoms with E-state index in [1.54, 1.807) is 0 Å². The first-order valence-corrected chi connectivity index (χ1v) is 7.01. The van der Waals surface area contributed by atoms with Gasteiger partial charge >= 0.3 is 0 Å². The summed E-state index contributed by atoms with van der Waals surface area (Å²) < 4.78 is 1.98. The number of nitrogens with zero attached hydrogens (tertiary/aromatic N) is 2. The molecule has 1 aromatic heterocycles. The van der Waals surface area contributed by atoms with Gasteiger partial charge in [0.1, 0.15) is 0 Å². The monoisotopic (exact) mass is 255 g/mol. The van der Waals surface area contributed by atoms with Crippen molar-refractivity contribution in [2.45, 2.75) is 31.7 Å². The predicted molar refractivity (Wildman–Crippen MR) is 77.2 cm³/mol. The highest BCUT2D eigenvalue weighted by molar-refractivity contribution is 5.26. The van der Waals surface area contributed by atoms with Crippen molar-refractivity contribution in [3.63, 3.8) is 0 Å². The van der Waals surface area contributed by atoms with Crippen LogP contribution in [0.2, 0.25) is 0 Å². The van der Waals surface area contributed by atoms with Crippen molar-refractivity contribution in [1.29, 1.82) is 0 Å². The molecule has 0 spiro atoms. The Morgan fingerprint density at radius 3 is 2.79 bits per heavy atom. The van der Waals surface area contributed by atoms with E-state index in [9.17, 15) is 0 Å². The Hall–Kier alpha value is -1.61. The van der Waals surface area contributed by atoms with Crippen molar-refractivity contribution in [3.8, 4) is 0 Å². The maximum Gasteiger partial charge on any atom is 0.0527 e. The van der Waals surface area contributed by atoms with Crippen LogP contribution in [0.3, 0.4) is 0 Å². The molecule has 0 amide bonds. The molecule has 19 heavy (non-hydrogen) atoms. The second-order valence-electron chi connectivity index (χ2n) is 5.45. The Morgan fingerprint density at radius 1 is 1.32 bits per heavy atom. The number of aromatic nitrogens is 2. The molecular formula is C16H21N3. The first kappa shape index (κ1) is 12.4. The lowest BCUT2D eigenvalue weighted by Crippen LogP contribution is -2.28. The highest BCUT2D eigenvalue weighted by Crippen LogP contribution is 2.31. The second kappa shape index (κ2) is 5.17. The summed E-state index contributed by atoms with van der Waals surface area (Å²) in [6.45, 7) is 3.27. The van der Waals surface area contributed by atoms with Gasteiger partial charge in [0, 0.05) is 24.7 Å². The van der Waals surface area contributed by atoms with E-state index in [2.05, 4.69) is 47.7 Å². The zero-order chi connectivity index (χ0) is 13.2. The Labute approximate surface area is 114 Å². The number of aryl methyl sites for hydroxylation is 1. The number of nitrogens with one attached hydrogen (secondary N) is 1. The van der Waals surface area contributed by atoms with Crippen molar-refractivity contribution < 1.29 is 0 Å². The van der Waals surface area contributed by atoms with Crippen LogP contribution in [0.15, 0.2) is 36.5 Å². The molecule has 0 saturated carbocycles. The normalized spacial score (nSPS) is 22.8. The topological polar surface area (TPSA) is 29.9 Å². The maximum atomic E-state index is 4.39. The van der Waals surface area contributed by atoms with Crippen LogP contribution in [0.25, 0.3) is 0 Å². The molecule has 1 saturated heterocycles. The summed E-state index contributed by atoms with van der Waals surface area (Å²) in [5.41, 5.74) is 4.12. The summed E-state index contributed by atoms with van der Waals surface area (Å²) in [6, 6.07) is 11.3. The molecule has 2 atom stereocenters. The molecule has 3 heteroatoms. The minimum absolute atomic E-state index is 0.533. The zero-order valence-electron chi connectivity index (χ0n) is 11.6. The van der Waals surface area contributed by atoms with Crippen LogP contribution in [0.5, 0.6) is 0 Å². The van der Waals surface area contributed by atoms with Gasteiger partial charge in [0.25, 0.3) is 0 Å². The fraction of sp³-hybridized carbons (Fsp3) is 0.438. The quantitative estimate of drug-likeness (QED) is 0.913. The molecule has 2 aromatic rings. The van der Waals surface area contributed by atoms with Crippen LogP contribution < -0.4 is 5.32 Å². The van der Waals surface area contributed by atoms with Gasteiger partial charge in [-0.15, -0.1) is 0 Å². The second-order valence-corrected chi connectivity index (χ2v) is 5.45. The number of rotatable bonds is 3. The van der Waals surface area contributed by atoms with Gasteiger partial charge in [0.2, 0.25) is 0 Å². The molecule has 3 rings (SSSR count). The summed E-state index contributed by atoms with van der Waals surface area (Å²) in [7, 11) is 2.02. The summed E-state index contributed by atoms with van der Waals surface area (Å²) in [6.07, 6.45) is 4.36. The van der Waals surface area contributed by atoms with Crippen LogP contribution >= 0.6 is 0 Å². The van der Waals surface area contributed by atoms with Crippen molar-refractivity contribution in [3.05, 3.63) is 53.3 Å². The lowest BCUT2D eigenvalue weighted by molar-refractivity contribution is 0.541. The number of benzene rings is 1. The minimum Gasteiger partial charge on any atom is -0.313 e. The molecule has 0 aliphatic carbocycles. The first-order chi connectivity index (χ1) is 9.25. The van der Waals surface area contributed by atoms with Crippen LogP contribution in [-0.4, -0.2) is 22.4 Å². The van der Waals surface area contributed by atoms with Crippen LogP contribution in [0.1, 0.15) is 29.2 Å². The zero-order valence-corrected chi connectivity index (χ0v) is 11.6. The van der Waals surface area contributed by atoms with Gasteiger partial charge in [-0.3, -0.25) is 4.68 Å². The molecule has 1 aromatic carbocycles. The Kier molecular flexibility index (Phi) is 3.38. The van der Waals surface area contributed by atoms with Gasteiger partial charge in [-0.1, -0.05) is 30.3 Å². The van der Waals surface area contributed by atoms with Gasteiger partial charge in [0.15, 0.2) is 0 Å². The highest BCUT2D eigenvalue weighted by atomic mass is 15.3. The number of hydrogen-bond donors (Lipinski definition) is 1. The molecule has 2 heterocycles. The average molecular weight is 255 g/mol. The Bertz CT molecular complexity index is 544. The Balaban J connectivity index is 1.80. The summed E-state index contributed by atoms with van der Waals surface area (Å²) >= 11 is 0. The van der Waals surface area contributed by atoms with Crippen molar-refractivity contribution in [1.82, 2.24) is 15.1 Å². The smallest absolute Gasteiger partial charge is 0.0527 e. The van der Waals surface area contributed by atoms with Gasteiger partial charge in [0.05, 0.1) is 6.20 Å². The third-order valence-electron chi connectivity index (χ3n) is 4.32. The van der Waals surface area contributed by atoms with Crippen LogP contribution in [0, 0.1) is 6.92 Å². The summed E-state index contributed by atoms with van der Waals surface area (Å²) in [5.74, 6) is 0.592. The van der Waals surface area contributed by atoms with Crippen molar-refractivity contribution >= 4 is 0 Å². The molecular weight excluding hydrogens is 234 g/mol. The predicted octanol–water partition coefficient (Wildman–Crippen LogP) is 2.42. The van der Waals surface area contributed by atoms with E-state index in [0.717, 1.165) is 13.0 Å². The van der Waals surface area contributed by atoms with Gasteiger partial charge in [-0.2, -0.15) is 5.10 Å². The molecule has 0 radical (unpaired) electrons. The van der Waals surface area contributed by atoms with E-state index >= 15 is 0 Å². The minimum atomic E-state index is 0.533. The van der Waals surface area contributed by atoms with E-state index in [1.807, 2.05) is 17.9 Å². The molecule has 1 aliphatic rings. The molecule has 2 unspecified atom stereocenters. The van der Waals surface area contributed by atoms with E-state index in [1.165, 1.54) is 23.2 Å². The third-order valence-corrected chi connectivity index (χ3v) is 4.32. The fourth-order valence-corrected chi connectivity index (χ4v) is 3.10. The van der Waals surface area contributed by atoms with Gasteiger partial charge in [-0.05, 0) is 37.4 Å². The van der Waals surface area contributed by atoms with E-state index in [-0.39, 0.29) is 0 Å². The van der Waals surface area contributed by atoms with Gasteiger partial charge < -0.3 is 5.32 Å². The number of hydrogen-bond acceptors (Lipinski definition) is 2. The largest absolute Gasteiger partial charge is 0.313 e. The summed E-state index contributed by atoms with van der Waals surface area (Å²) in [5, 5.41) is 8.04. The van der Waals surface area contributed by atoms with Crippen molar-refractivity contribution in [2.24, 2.45) is 7.05 Å². The van der Waals surface area contributed by atoms with Crippen LogP contribution in [-0.2, 0) is 13.5 Å². The molecule has 1 aliphatic heterocycles. The van der Waals surface area contributed by atoms with Crippen molar-refractivity contribution in [2.75, 3.05) is 6.54 Å². The molecule has 100 valence electrons. The molecule has 3 nitrogen and oxygen atoms in total. The standard InChI is InChI=1S/C16H21N3/c1-12-15(11-18-19(12)2)14-8-9-17-16(14)10-13-6-4-3-5-7-13/h3-7,11,14,16-17H,8-10H2,1-2H3. The van der Waals surface area contributed by atoms with E-state index in [4.69, 9.17) is 0 Å². The Morgan fingerprint density at radius 2 is 2.11 bits per heavy atom. The third kappa shape index (κ3) is 2.43. The lowest BCUT2D eigenvalue weighted by Gasteiger charge is -2.19.